The molecule has 0 spiro atoms. The lowest BCUT2D eigenvalue weighted by Gasteiger charge is -2.60. The van der Waals surface area contributed by atoms with Crippen molar-refractivity contribution in [3.05, 3.63) is 23.8 Å². The zero-order valence-electron chi connectivity index (χ0n) is 16.7. The van der Waals surface area contributed by atoms with Gasteiger partial charge in [-0.15, -0.1) is 0 Å². The van der Waals surface area contributed by atoms with Crippen LogP contribution in [0, 0.1) is 22.7 Å². The molecule has 6 atom stereocenters. The highest BCUT2D eigenvalue weighted by Gasteiger charge is 2.57. The first kappa shape index (κ1) is 19.6. The monoisotopic (exact) mass is 362 g/mol. The maximum atomic E-state index is 12.1. The summed E-state index contributed by atoms with van der Waals surface area (Å²) in [6, 6.07) is 0. The second-order valence-electron chi connectivity index (χ2n) is 8.91. The second-order valence-corrected chi connectivity index (χ2v) is 8.91. The molecule has 146 valence electrons. The minimum atomic E-state index is -0.527. The van der Waals surface area contributed by atoms with Gasteiger partial charge in [0.05, 0.1) is 6.10 Å². The molecule has 26 heavy (non-hydrogen) atoms. The number of hydrogen-bond donors (Lipinski definition) is 1. The van der Waals surface area contributed by atoms with Crippen LogP contribution in [0.5, 0.6) is 0 Å². The van der Waals surface area contributed by atoms with E-state index in [0.717, 1.165) is 37.7 Å². The number of aliphatic hydroxyl groups excluding tert-OH is 1. The number of hydrogen-bond acceptors (Lipinski definition) is 4. The highest BCUT2D eigenvalue weighted by atomic mass is 16.7. The summed E-state index contributed by atoms with van der Waals surface area (Å²) in [5.41, 5.74) is 1.80. The summed E-state index contributed by atoms with van der Waals surface area (Å²) in [6.07, 6.45) is 6.70. The molecule has 1 heterocycles. The van der Waals surface area contributed by atoms with Crippen molar-refractivity contribution in [1.82, 2.24) is 0 Å². The first-order valence-corrected chi connectivity index (χ1v) is 10.1. The van der Waals surface area contributed by atoms with Crippen molar-refractivity contribution < 1.29 is 19.4 Å². The summed E-state index contributed by atoms with van der Waals surface area (Å²) >= 11 is 0. The van der Waals surface area contributed by atoms with E-state index in [0.29, 0.717) is 24.9 Å². The van der Waals surface area contributed by atoms with E-state index in [1.54, 1.807) is 0 Å². The van der Waals surface area contributed by atoms with Crippen LogP contribution < -0.4 is 0 Å². The number of aliphatic hydroxyl groups is 1. The summed E-state index contributed by atoms with van der Waals surface area (Å²) in [5, 5.41) is 10.9. The molecule has 4 nitrogen and oxygen atoms in total. The summed E-state index contributed by atoms with van der Waals surface area (Å²) < 4.78 is 10.7. The first-order valence-electron chi connectivity index (χ1n) is 10.1. The van der Waals surface area contributed by atoms with Gasteiger partial charge in [0.2, 0.25) is 6.29 Å². The summed E-state index contributed by atoms with van der Waals surface area (Å²) in [7, 11) is 0. The molecule has 0 aromatic heterocycles. The van der Waals surface area contributed by atoms with Crippen LogP contribution in [0.15, 0.2) is 23.8 Å². The van der Waals surface area contributed by atoms with E-state index in [1.165, 1.54) is 5.57 Å². The van der Waals surface area contributed by atoms with Gasteiger partial charge in [-0.3, -0.25) is 0 Å². The van der Waals surface area contributed by atoms with E-state index < -0.39 is 6.29 Å². The van der Waals surface area contributed by atoms with Gasteiger partial charge in [0.1, 0.15) is 0 Å². The normalized spacial score (nSPS) is 43.0. The van der Waals surface area contributed by atoms with Crippen molar-refractivity contribution in [2.75, 3.05) is 6.61 Å². The Kier molecular flexibility index (Phi) is 5.38. The van der Waals surface area contributed by atoms with E-state index in [1.807, 2.05) is 13.0 Å². The average molecular weight is 363 g/mol. The van der Waals surface area contributed by atoms with Crippen LogP contribution in [-0.4, -0.2) is 30.1 Å². The van der Waals surface area contributed by atoms with Crippen molar-refractivity contribution in [2.24, 2.45) is 22.7 Å². The van der Waals surface area contributed by atoms with Crippen molar-refractivity contribution >= 4 is 5.97 Å². The number of esters is 1. The number of carbonyl (C=O) groups excluding carboxylic acids is 1. The number of fused-ring (bicyclic) bond motifs is 1. The molecule has 2 fully saturated rings. The molecule has 2 aliphatic carbocycles. The molecule has 4 heteroatoms. The molecule has 1 aliphatic heterocycles. The predicted octanol–water partition coefficient (Wildman–Crippen LogP) is 4.38. The van der Waals surface area contributed by atoms with Crippen LogP contribution in [0.4, 0.5) is 0 Å². The summed E-state index contributed by atoms with van der Waals surface area (Å²) in [4.78, 5) is 12.1. The maximum Gasteiger partial charge on any atom is 0.336 e. The molecule has 0 bridgehead atoms. The Morgan fingerprint density at radius 2 is 2.15 bits per heavy atom. The topological polar surface area (TPSA) is 55.8 Å². The van der Waals surface area contributed by atoms with Crippen LogP contribution in [-0.2, 0) is 14.3 Å². The van der Waals surface area contributed by atoms with Crippen LogP contribution in [0.2, 0.25) is 0 Å². The highest BCUT2D eigenvalue weighted by Crippen LogP contribution is 2.62. The summed E-state index contributed by atoms with van der Waals surface area (Å²) in [6.45, 7) is 13.6. The zero-order valence-corrected chi connectivity index (χ0v) is 16.7. The average Bonchev–Trinajstić information content (AvgIpc) is 2.93. The Labute approximate surface area is 157 Å². The number of ether oxygens (including phenoxy) is 2. The van der Waals surface area contributed by atoms with Crippen molar-refractivity contribution in [3.8, 4) is 0 Å². The van der Waals surface area contributed by atoms with Gasteiger partial charge in [0.15, 0.2) is 0 Å². The van der Waals surface area contributed by atoms with Gasteiger partial charge < -0.3 is 14.6 Å². The van der Waals surface area contributed by atoms with Gasteiger partial charge in [-0.05, 0) is 68.8 Å². The van der Waals surface area contributed by atoms with Crippen LogP contribution >= 0.6 is 0 Å². The minimum Gasteiger partial charge on any atom is -0.429 e. The Morgan fingerprint density at radius 1 is 1.42 bits per heavy atom. The van der Waals surface area contributed by atoms with Crippen LogP contribution in [0.3, 0.4) is 0 Å². The fourth-order valence-corrected chi connectivity index (χ4v) is 5.71. The molecule has 2 saturated carbocycles. The van der Waals surface area contributed by atoms with Gasteiger partial charge in [0, 0.05) is 17.6 Å². The number of cyclic esters (lactones) is 1. The third-order valence-corrected chi connectivity index (χ3v) is 7.73. The van der Waals surface area contributed by atoms with Crippen LogP contribution in [0.1, 0.15) is 66.2 Å². The fraction of sp³-hybridized carbons (Fsp3) is 0.773. The molecule has 0 unspecified atom stereocenters. The predicted molar refractivity (Wildman–Crippen MR) is 101 cm³/mol. The lowest BCUT2D eigenvalue weighted by Crippen LogP contribution is -2.57. The smallest absolute Gasteiger partial charge is 0.336 e. The minimum absolute atomic E-state index is 0.0716. The number of rotatable bonds is 5. The molecule has 1 N–H and O–H groups in total. The Bertz CT molecular complexity index is 609. The van der Waals surface area contributed by atoms with Crippen molar-refractivity contribution in [3.63, 3.8) is 0 Å². The third-order valence-electron chi connectivity index (χ3n) is 7.73. The second kappa shape index (κ2) is 7.12. The Morgan fingerprint density at radius 3 is 2.85 bits per heavy atom. The van der Waals surface area contributed by atoms with Gasteiger partial charge in [-0.25, -0.2) is 4.79 Å². The molecule has 3 rings (SSSR count). The van der Waals surface area contributed by atoms with E-state index in [2.05, 4.69) is 27.4 Å². The Balaban J connectivity index is 1.80. The highest BCUT2D eigenvalue weighted by molar-refractivity contribution is 5.90. The van der Waals surface area contributed by atoms with Gasteiger partial charge in [-0.1, -0.05) is 32.9 Å². The number of carbonyl (C=O) groups is 1. The van der Waals surface area contributed by atoms with Crippen molar-refractivity contribution in [2.45, 2.75) is 78.6 Å². The molecule has 0 aromatic carbocycles. The molecule has 0 radical (unpaired) electrons. The molecular formula is C22H34O4. The van der Waals surface area contributed by atoms with Gasteiger partial charge >= 0.3 is 5.97 Å². The molecular weight excluding hydrogens is 328 g/mol. The first-order chi connectivity index (χ1) is 12.2. The third kappa shape index (κ3) is 3.05. The largest absolute Gasteiger partial charge is 0.429 e. The zero-order chi connectivity index (χ0) is 19.1. The molecule has 0 amide bonds. The van der Waals surface area contributed by atoms with Crippen molar-refractivity contribution in [1.29, 1.82) is 0 Å². The maximum absolute atomic E-state index is 12.1. The van der Waals surface area contributed by atoms with Crippen LogP contribution in [0.25, 0.3) is 0 Å². The van der Waals surface area contributed by atoms with Gasteiger partial charge in [0.25, 0.3) is 0 Å². The van der Waals surface area contributed by atoms with E-state index in [9.17, 15) is 9.90 Å². The van der Waals surface area contributed by atoms with E-state index in [4.69, 9.17) is 9.47 Å². The van der Waals surface area contributed by atoms with Gasteiger partial charge in [-0.2, -0.15) is 0 Å². The van der Waals surface area contributed by atoms with E-state index >= 15 is 0 Å². The lowest BCUT2D eigenvalue weighted by molar-refractivity contribution is -0.158. The summed E-state index contributed by atoms with van der Waals surface area (Å²) in [5.74, 6) is 0.560. The SMILES string of the molecule is C=C1CCC[C@@H]2[C@@](C)(CCC3=C[C@@H](OCC)OC3=O)[C@H](C)C[C@H](O)[C@@]12C. The van der Waals surface area contributed by atoms with E-state index in [-0.39, 0.29) is 22.9 Å². The quantitative estimate of drug-likeness (QED) is 0.582. The standard InChI is InChI=1S/C22H34O4/c1-6-25-19-13-16(20(24)26-19)10-11-21(4)15(3)12-18(23)22(5)14(2)8-7-9-17(21)22/h13,15,17-19,23H,2,6-12H2,1,3-5H3/t15-,17-,18+,19+,21+,22+/m1/s1. The molecule has 3 aliphatic rings. The molecule has 0 saturated heterocycles. The fourth-order valence-electron chi connectivity index (χ4n) is 5.71. The Hall–Kier alpha value is -1.13. The lowest BCUT2D eigenvalue weighted by atomic mass is 9.45. The molecule has 0 aromatic rings.